The van der Waals surface area contributed by atoms with Crippen molar-refractivity contribution >= 4 is 5.97 Å². The molecule has 2 unspecified atom stereocenters. The van der Waals surface area contributed by atoms with E-state index in [0.29, 0.717) is 24.9 Å². The quantitative estimate of drug-likeness (QED) is 0.869. The number of aliphatic hydroxyl groups is 1. The maximum absolute atomic E-state index is 12.7. The molecule has 0 heterocycles. The maximum atomic E-state index is 12.7. The Morgan fingerprint density at radius 1 is 1.14 bits per heavy atom. The monoisotopic (exact) mass is 286 g/mol. The number of hydrogen-bond donors (Lipinski definition) is 1. The second kappa shape index (κ2) is 4.57. The molecule has 4 saturated carbocycles. The standard InChI is InChI=1S/C18H22O3/c19-16(21-11-13-4-2-1-3-5-13)17-7-14-6-15(8-17)10-18(20,9-14)12-17/h1-5,14-15,20H,6-12H2. The molecule has 0 radical (unpaired) electrons. The van der Waals surface area contributed by atoms with Gasteiger partial charge in [0.1, 0.15) is 6.61 Å². The van der Waals surface area contributed by atoms with Gasteiger partial charge in [-0.2, -0.15) is 0 Å². The lowest BCUT2D eigenvalue weighted by atomic mass is 9.48. The summed E-state index contributed by atoms with van der Waals surface area (Å²) in [6.45, 7) is 0.342. The number of rotatable bonds is 3. The van der Waals surface area contributed by atoms with Crippen molar-refractivity contribution in [1.82, 2.24) is 0 Å². The van der Waals surface area contributed by atoms with Crippen LogP contribution in [0.5, 0.6) is 0 Å². The average Bonchev–Trinajstić information content (AvgIpc) is 2.43. The summed E-state index contributed by atoms with van der Waals surface area (Å²) in [6.07, 6.45) is 5.41. The summed E-state index contributed by atoms with van der Waals surface area (Å²) in [5.74, 6) is 0.944. The van der Waals surface area contributed by atoms with Crippen LogP contribution in [0.3, 0.4) is 0 Å². The molecule has 112 valence electrons. The second-order valence-electron chi connectivity index (χ2n) is 7.53. The summed E-state index contributed by atoms with van der Waals surface area (Å²) in [7, 11) is 0. The molecule has 1 N–H and O–H groups in total. The van der Waals surface area contributed by atoms with E-state index in [-0.39, 0.29) is 5.97 Å². The normalized spacial score (nSPS) is 40.2. The van der Waals surface area contributed by atoms with Crippen molar-refractivity contribution < 1.29 is 14.6 Å². The van der Waals surface area contributed by atoms with Crippen LogP contribution in [0.4, 0.5) is 0 Å². The number of carbonyl (C=O) groups is 1. The molecule has 4 aliphatic rings. The maximum Gasteiger partial charge on any atom is 0.312 e. The van der Waals surface area contributed by atoms with Crippen molar-refractivity contribution in [3.05, 3.63) is 35.9 Å². The number of benzene rings is 1. The van der Waals surface area contributed by atoms with Gasteiger partial charge in [-0.25, -0.2) is 0 Å². The average molecular weight is 286 g/mol. The Bertz CT molecular complexity index is 537. The Labute approximate surface area is 125 Å². The van der Waals surface area contributed by atoms with Crippen molar-refractivity contribution in [2.75, 3.05) is 0 Å². The smallest absolute Gasteiger partial charge is 0.312 e. The van der Waals surface area contributed by atoms with Crippen molar-refractivity contribution in [3.63, 3.8) is 0 Å². The lowest BCUT2D eigenvalue weighted by molar-refractivity contribution is -0.197. The molecule has 3 nitrogen and oxygen atoms in total. The summed E-state index contributed by atoms with van der Waals surface area (Å²) >= 11 is 0. The van der Waals surface area contributed by atoms with Gasteiger partial charge in [0.15, 0.2) is 0 Å². The molecule has 0 spiro atoms. The highest BCUT2D eigenvalue weighted by Gasteiger charge is 2.60. The minimum atomic E-state index is -0.601. The first kappa shape index (κ1) is 13.3. The molecule has 4 bridgehead atoms. The fraction of sp³-hybridized carbons (Fsp3) is 0.611. The van der Waals surface area contributed by atoms with Crippen molar-refractivity contribution in [3.8, 4) is 0 Å². The second-order valence-corrected chi connectivity index (χ2v) is 7.53. The predicted molar refractivity (Wildman–Crippen MR) is 78.3 cm³/mol. The van der Waals surface area contributed by atoms with Gasteiger partial charge in [0.2, 0.25) is 0 Å². The van der Waals surface area contributed by atoms with Crippen LogP contribution >= 0.6 is 0 Å². The minimum Gasteiger partial charge on any atom is -0.460 e. The van der Waals surface area contributed by atoms with E-state index < -0.39 is 11.0 Å². The van der Waals surface area contributed by atoms with Gasteiger partial charge in [0, 0.05) is 0 Å². The molecular formula is C18H22O3. The van der Waals surface area contributed by atoms with Crippen LogP contribution in [0.2, 0.25) is 0 Å². The van der Waals surface area contributed by atoms with Crippen LogP contribution in [0.15, 0.2) is 30.3 Å². The van der Waals surface area contributed by atoms with Crippen molar-refractivity contribution in [1.29, 1.82) is 0 Å². The third-order valence-corrected chi connectivity index (χ3v) is 5.68. The molecule has 1 aromatic carbocycles. The largest absolute Gasteiger partial charge is 0.460 e. The fourth-order valence-electron chi connectivity index (χ4n) is 5.33. The lowest BCUT2D eigenvalue weighted by Gasteiger charge is -2.58. The number of hydrogen-bond acceptors (Lipinski definition) is 3. The number of carbonyl (C=O) groups excluding carboxylic acids is 1. The van der Waals surface area contributed by atoms with Crippen LogP contribution in [-0.4, -0.2) is 16.7 Å². The molecule has 21 heavy (non-hydrogen) atoms. The van der Waals surface area contributed by atoms with Gasteiger partial charge < -0.3 is 9.84 Å². The molecule has 1 aromatic rings. The fourth-order valence-corrected chi connectivity index (χ4v) is 5.33. The lowest BCUT2D eigenvalue weighted by Crippen LogP contribution is -2.58. The Kier molecular flexibility index (Phi) is 2.90. The summed E-state index contributed by atoms with van der Waals surface area (Å²) in [6, 6.07) is 9.81. The van der Waals surface area contributed by atoms with Crippen LogP contribution < -0.4 is 0 Å². The Balaban J connectivity index is 1.49. The van der Waals surface area contributed by atoms with Crippen LogP contribution in [0.25, 0.3) is 0 Å². The Hall–Kier alpha value is -1.35. The molecule has 4 fully saturated rings. The summed E-state index contributed by atoms with van der Waals surface area (Å²) in [4.78, 5) is 12.7. The summed E-state index contributed by atoms with van der Waals surface area (Å²) in [5, 5.41) is 10.7. The van der Waals surface area contributed by atoms with E-state index in [2.05, 4.69) is 0 Å². The molecule has 0 saturated heterocycles. The molecule has 0 amide bonds. The van der Waals surface area contributed by atoms with Gasteiger partial charge in [-0.3, -0.25) is 4.79 Å². The van der Waals surface area contributed by atoms with Gasteiger partial charge in [0.25, 0.3) is 0 Å². The van der Waals surface area contributed by atoms with Crippen LogP contribution in [0.1, 0.15) is 44.1 Å². The highest BCUT2D eigenvalue weighted by molar-refractivity contribution is 5.77. The predicted octanol–water partition coefficient (Wildman–Crippen LogP) is 3.06. The van der Waals surface area contributed by atoms with E-state index >= 15 is 0 Å². The summed E-state index contributed by atoms with van der Waals surface area (Å²) in [5.41, 5.74) is 0.0120. The van der Waals surface area contributed by atoms with Gasteiger partial charge in [-0.15, -0.1) is 0 Å². The van der Waals surface area contributed by atoms with E-state index in [9.17, 15) is 9.90 Å². The van der Waals surface area contributed by atoms with E-state index in [1.807, 2.05) is 30.3 Å². The molecule has 4 aliphatic carbocycles. The Morgan fingerprint density at radius 2 is 1.81 bits per heavy atom. The topological polar surface area (TPSA) is 46.5 Å². The zero-order chi connectivity index (χ0) is 14.5. The summed E-state index contributed by atoms with van der Waals surface area (Å²) < 4.78 is 5.61. The van der Waals surface area contributed by atoms with E-state index in [1.165, 1.54) is 6.42 Å². The van der Waals surface area contributed by atoms with E-state index in [0.717, 1.165) is 31.2 Å². The Morgan fingerprint density at radius 3 is 2.43 bits per heavy atom. The highest BCUT2D eigenvalue weighted by atomic mass is 16.5. The van der Waals surface area contributed by atoms with Crippen LogP contribution in [-0.2, 0) is 16.1 Å². The number of esters is 1. The van der Waals surface area contributed by atoms with Crippen molar-refractivity contribution in [2.24, 2.45) is 17.3 Å². The zero-order valence-corrected chi connectivity index (χ0v) is 12.3. The van der Waals surface area contributed by atoms with Gasteiger partial charge >= 0.3 is 5.97 Å². The third kappa shape index (κ3) is 2.28. The van der Waals surface area contributed by atoms with Gasteiger partial charge in [-0.05, 0) is 55.9 Å². The number of ether oxygens (including phenoxy) is 1. The molecule has 0 aliphatic heterocycles. The molecule has 5 rings (SSSR count). The van der Waals surface area contributed by atoms with Gasteiger partial charge in [0.05, 0.1) is 11.0 Å². The zero-order valence-electron chi connectivity index (χ0n) is 12.3. The van der Waals surface area contributed by atoms with E-state index in [4.69, 9.17) is 4.74 Å². The first-order valence-electron chi connectivity index (χ1n) is 8.01. The van der Waals surface area contributed by atoms with Crippen LogP contribution in [0, 0.1) is 17.3 Å². The third-order valence-electron chi connectivity index (χ3n) is 5.68. The SMILES string of the molecule is O=C(OCc1ccccc1)C12CC3CC(CC(O)(C3)C1)C2. The molecule has 3 heteroatoms. The highest BCUT2D eigenvalue weighted by Crippen LogP contribution is 2.61. The minimum absolute atomic E-state index is 0.0844. The first-order chi connectivity index (χ1) is 10.1. The van der Waals surface area contributed by atoms with Crippen molar-refractivity contribution in [2.45, 2.75) is 50.7 Å². The molecule has 0 aromatic heterocycles. The van der Waals surface area contributed by atoms with E-state index in [1.54, 1.807) is 0 Å². The first-order valence-corrected chi connectivity index (χ1v) is 8.01. The molecular weight excluding hydrogens is 264 g/mol. The molecule has 2 atom stereocenters. The van der Waals surface area contributed by atoms with Gasteiger partial charge in [-0.1, -0.05) is 30.3 Å².